The highest BCUT2D eigenvalue weighted by Crippen LogP contribution is 2.34. The molecule has 30 heavy (non-hydrogen) atoms. The Morgan fingerprint density at radius 1 is 0.900 bits per heavy atom. The van der Waals surface area contributed by atoms with E-state index in [0.717, 1.165) is 5.56 Å². The van der Waals surface area contributed by atoms with Crippen molar-refractivity contribution in [1.82, 2.24) is 10.0 Å². The van der Waals surface area contributed by atoms with Crippen molar-refractivity contribution in [1.29, 1.82) is 0 Å². The Hall–Kier alpha value is -2.74. The Balaban J connectivity index is 1.69. The highest BCUT2D eigenvalue weighted by molar-refractivity contribution is 7.90. The lowest BCUT2D eigenvalue weighted by molar-refractivity contribution is 0.246. The van der Waals surface area contributed by atoms with E-state index in [2.05, 4.69) is 5.32 Å². The molecule has 0 aliphatic heterocycles. The number of hydrogen-bond acceptors (Lipinski definition) is 4. The van der Waals surface area contributed by atoms with Gasteiger partial charge in [-0.1, -0.05) is 65.7 Å². The first-order valence-corrected chi connectivity index (χ1v) is 11.2. The molecule has 0 aliphatic carbocycles. The fourth-order valence-electron chi connectivity index (χ4n) is 2.61. The molecule has 3 rings (SSSR count). The van der Waals surface area contributed by atoms with Crippen LogP contribution in [0.5, 0.6) is 11.5 Å². The zero-order valence-corrected chi connectivity index (χ0v) is 18.0. The maximum Gasteiger partial charge on any atom is 0.328 e. The minimum absolute atomic E-state index is 0.0197. The molecule has 0 unspecified atom stereocenters. The Bertz CT molecular complexity index is 1140. The molecule has 9 heteroatoms. The molecule has 0 aliphatic rings. The van der Waals surface area contributed by atoms with Crippen molar-refractivity contribution in [2.75, 3.05) is 6.54 Å². The molecule has 2 N–H and O–H groups in total. The molecule has 0 saturated heterocycles. The number of halogens is 2. The average Bonchev–Trinajstić information content (AvgIpc) is 2.71. The first-order chi connectivity index (χ1) is 14.3. The van der Waals surface area contributed by atoms with Crippen LogP contribution >= 0.6 is 23.2 Å². The summed E-state index contributed by atoms with van der Waals surface area (Å²) in [5.74, 6) is 0.252. The van der Waals surface area contributed by atoms with Crippen LogP contribution in [-0.4, -0.2) is 21.0 Å². The molecule has 3 aromatic carbocycles. The molecule has 0 fully saturated rings. The lowest BCUT2D eigenvalue weighted by atomic mass is 10.1. The van der Waals surface area contributed by atoms with Crippen LogP contribution in [0.15, 0.2) is 77.7 Å². The molecule has 0 atom stereocenters. The number of sulfonamides is 1. The minimum Gasteiger partial charge on any atom is -0.454 e. The van der Waals surface area contributed by atoms with Crippen LogP contribution in [0.2, 0.25) is 10.0 Å². The van der Waals surface area contributed by atoms with Gasteiger partial charge in [0.2, 0.25) is 0 Å². The van der Waals surface area contributed by atoms with Gasteiger partial charge in [0.15, 0.2) is 0 Å². The van der Waals surface area contributed by atoms with Gasteiger partial charge in [-0.05, 0) is 42.3 Å². The van der Waals surface area contributed by atoms with Crippen LogP contribution in [0.1, 0.15) is 5.56 Å². The van der Waals surface area contributed by atoms with E-state index in [1.807, 2.05) is 35.1 Å². The zero-order chi connectivity index (χ0) is 21.6. The molecule has 156 valence electrons. The van der Waals surface area contributed by atoms with Gasteiger partial charge >= 0.3 is 6.03 Å². The van der Waals surface area contributed by atoms with Gasteiger partial charge in [-0.15, -0.1) is 0 Å². The maximum absolute atomic E-state index is 12.7. The van der Waals surface area contributed by atoms with Gasteiger partial charge in [-0.3, -0.25) is 0 Å². The highest BCUT2D eigenvalue weighted by atomic mass is 35.5. The molecule has 0 spiro atoms. The van der Waals surface area contributed by atoms with Crippen LogP contribution in [0.3, 0.4) is 0 Å². The summed E-state index contributed by atoms with van der Waals surface area (Å²) in [5.41, 5.74) is 1.03. The molecule has 0 bridgehead atoms. The standard InChI is InChI=1S/C21H18Cl2N2O4S/c22-16-10-11-18(17(23)14-16)29-19-8-4-5-9-20(19)30(27,28)25-21(26)24-13-12-15-6-2-1-3-7-15/h1-11,14H,12-13H2,(H2,24,25,26). The van der Waals surface area contributed by atoms with Crippen molar-refractivity contribution in [3.05, 3.63) is 88.4 Å². The van der Waals surface area contributed by atoms with Crippen LogP contribution in [0.4, 0.5) is 4.79 Å². The largest absolute Gasteiger partial charge is 0.454 e. The summed E-state index contributed by atoms with van der Waals surface area (Å²) in [6, 6.07) is 19.2. The molecule has 0 saturated carbocycles. The Kier molecular flexibility index (Phi) is 7.20. The minimum atomic E-state index is -4.18. The molecule has 6 nitrogen and oxygen atoms in total. The lowest BCUT2D eigenvalue weighted by Gasteiger charge is -2.14. The molecule has 0 radical (unpaired) electrons. The SMILES string of the molecule is O=C(NCCc1ccccc1)NS(=O)(=O)c1ccccc1Oc1ccc(Cl)cc1Cl. The van der Waals surface area contributed by atoms with Crippen molar-refractivity contribution in [2.24, 2.45) is 0 Å². The monoisotopic (exact) mass is 464 g/mol. The zero-order valence-electron chi connectivity index (χ0n) is 15.6. The lowest BCUT2D eigenvalue weighted by Crippen LogP contribution is -2.40. The third-order valence-electron chi connectivity index (χ3n) is 4.02. The summed E-state index contributed by atoms with van der Waals surface area (Å²) in [4.78, 5) is 11.9. The van der Waals surface area contributed by atoms with Crippen LogP contribution in [0, 0.1) is 0 Å². The van der Waals surface area contributed by atoms with Gasteiger partial charge in [-0.25, -0.2) is 17.9 Å². The smallest absolute Gasteiger partial charge is 0.328 e. The quantitative estimate of drug-likeness (QED) is 0.514. The summed E-state index contributed by atoms with van der Waals surface area (Å²) < 4.78 is 33.1. The van der Waals surface area contributed by atoms with E-state index in [9.17, 15) is 13.2 Å². The summed E-state index contributed by atoms with van der Waals surface area (Å²) in [5, 5.41) is 3.18. The van der Waals surface area contributed by atoms with Crippen LogP contribution in [0.25, 0.3) is 0 Å². The first-order valence-electron chi connectivity index (χ1n) is 8.92. The topological polar surface area (TPSA) is 84.5 Å². The predicted octanol–water partition coefficient (Wildman–Crippen LogP) is 5.02. The number of ether oxygens (including phenoxy) is 1. The van der Waals surface area contributed by atoms with E-state index in [-0.39, 0.29) is 28.0 Å². The van der Waals surface area contributed by atoms with Gasteiger partial charge in [0.25, 0.3) is 10.0 Å². The number of urea groups is 1. The van der Waals surface area contributed by atoms with E-state index in [1.54, 1.807) is 12.1 Å². The van der Waals surface area contributed by atoms with Crippen LogP contribution in [-0.2, 0) is 16.4 Å². The van der Waals surface area contributed by atoms with E-state index in [4.69, 9.17) is 27.9 Å². The number of benzene rings is 3. The van der Waals surface area contributed by atoms with E-state index in [1.165, 1.54) is 30.3 Å². The van der Waals surface area contributed by atoms with Gasteiger partial charge in [0.1, 0.15) is 16.4 Å². The molecule has 0 heterocycles. The Labute approximate surface area is 184 Å². The van der Waals surface area contributed by atoms with Crippen LogP contribution < -0.4 is 14.8 Å². The van der Waals surface area contributed by atoms with Gasteiger partial charge in [0, 0.05) is 11.6 Å². The van der Waals surface area contributed by atoms with E-state index >= 15 is 0 Å². The third kappa shape index (κ3) is 5.89. The second-order valence-electron chi connectivity index (χ2n) is 6.22. The predicted molar refractivity (Wildman–Crippen MR) is 117 cm³/mol. The summed E-state index contributed by atoms with van der Waals surface area (Å²) in [6.07, 6.45) is 0.572. The van der Waals surface area contributed by atoms with Crippen molar-refractivity contribution in [3.63, 3.8) is 0 Å². The highest BCUT2D eigenvalue weighted by Gasteiger charge is 2.22. The summed E-state index contributed by atoms with van der Waals surface area (Å²) in [7, 11) is -4.18. The van der Waals surface area contributed by atoms with Gasteiger partial charge < -0.3 is 10.1 Å². The second-order valence-corrected chi connectivity index (χ2v) is 8.71. The number of para-hydroxylation sites is 1. The van der Waals surface area contributed by atoms with E-state index in [0.29, 0.717) is 11.4 Å². The van der Waals surface area contributed by atoms with E-state index < -0.39 is 16.1 Å². The molecule has 0 aromatic heterocycles. The molecular weight excluding hydrogens is 447 g/mol. The average molecular weight is 465 g/mol. The number of rotatable bonds is 7. The van der Waals surface area contributed by atoms with Crippen molar-refractivity contribution < 1.29 is 17.9 Å². The van der Waals surface area contributed by atoms with Gasteiger partial charge in [0.05, 0.1) is 5.02 Å². The molecule has 2 amide bonds. The number of carbonyl (C=O) groups is 1. The molecular formula is C21H18Cl2N2O4S. The Morgan fingerprint density at radius 2 is 1.60 bits per heavy atom. The van der Waals surface area contributed by atoms with Gasteiger partial charge in [-0.2, -0.15) is 0 Å². The fraction of sp³-hybridized carbons (Fsp3) is 0.0952. The Morgan fingerprint density at radius 3 is 2.33 bits per heavy atom. The third-order valence-corrected chi connectivity index (χ3v) is 5.92. The second kappa shape index (κ2) is 9.84. The number of nitrogens with one attached hydrogen (secondary N) is 2. The maximum atomic E-state index is 12.7. The fourth-order valence-corrected chi connectivity index (χ4v) is 4.12. The number of amides is 2. The summed E-state index contributed by atoms with van der Waals surface area (Å²) >= 11 is 12.0. The normalized spacial score (nSPS) is 11.0. The molecule has 3 aromatic rings. The first kappa shape index (κ1) is 22.0. The van der Waals surface area contributed by atoms with Crippen molar-refractivity contribution in [3.8, 4) is 11.5 Å². The number of carbonyl (C=O) groups excluding carboxylic acids is 1. The van der Waals surface area contributed by atoms with Crippen molar-refractivity contribution in [2.45, 2.75) is 11.3 Å². The number of hydrogen-bond donors (Lipinski definition) is 2. The van der Waals surface area contributed by atoms with Crippen molar-refractivity contribution >= 4 is 39.3 Å². The summed E-state index contributed by atoms with van der Waals surface area (Å²) in [6.45, 7) is 0.282.